The Labute approximate surface area is 126 Å². The van der Waals surface area contributed by atoms with E-state index in [-0.39, 0.29) is 17.6 Å². The number of halogens is 1. The van der Waals surface area contributed by atoms with E-state index in [1.807, 2.05) is 6.92 Å². The SMILES string of the molecule is CCOC(C(N)c1c(Cl)cnn1CCOC)C(C)(C)C. The van der Waals surface area contributed by atoms with Gasteiger partial charge in [0.05, 0.1) is 42.2 Å². The van der Waals surface area contributed by atoms with Crippen molar-refractivity contribution in [1.29, 1.82) is 0 Å². The lowest BCUT2D eigenvalue weighted by atomic mass is 9.83. The average molecular weight is 304 g/mol. The van der Waals surface area contributed by atoms with E-state index in [0.717, 1.165) is 5.69 Å². The summed E-state index contributed by atoms with van der Waals surface area (Å²) in [6, 6.07) is -0.332. The maximum absolute atomic E-state index is 6.42. The molecule has 6 heteroatoms. The Balaban J connectivity index is 3.04. The maximum Gasteiger partial charge on any atom is 0.0835 e. The molecule has 0 aliphatic rings. The lowest BCUT2D eigenvalue weighted by Crippen LogP contribution is -2.40. The first-order chi connectivity index (χ1) is 9.32. The zero-order valence-corrected chi connectivity index (χ0v) is 13.8. The molecule has 1 rings (SSSR count). The lowest BCUT2D eigenvalue weighted by molar-refractivity contribution is -0.0300. The van der Waals surface area contributed by atoms with Gasteiger partial charge in [0.15, 0.2) is 0 Å². The Hall–Kier alpha value is -0.620. The Morgan fingerprint density at radius 2 is 2.10 bits per heavy atom. The molecule has 2 atom stereocenters. The van der Waals surface area contributed by atoms with Crippen molar-refractivity contribution >= 4 is 11.6 Å². The minimum absolute atomic E-state index is 0.0882. The van der Waals surface area contributed by atoms with Crippen LogP contribution in [0, 0.1) is 5.41 Å². The normalized spacial score (nSPS) is 15.3. The van der Waals surface area contributed by atoms with Gasteiger partial charge in [-0.15, -0.1) is 0 Å². The molecule has 116 valence electrons. The summed E-state index contributed by atoms with van der Waals surface area (Å²) in [6.45, 7) is 10.1. The molecule has 0 amide bonds. The van der Waals surface area contributed by atoms with Crippen LogP contribution in [0.1, 0.15) is 39.4 Å². The first-order valence-electron chi connectivity index (χ1n) is 6.90. The third-order valence-electron chi connectivity index (χ3n) is 3.18. The highest BCUT2D eigenvalue weighted by Crippen LogP contribution is 2.34. The van der Waals surface area contributed by atoms with Crippen LogP contribution in [0.15, 0.2) is 6.20 Å². The number of aromatic nitrogens is 2. The first kappa shape index (κ1) is 17.4. The van der Waals surface area contributed by atoms with Crippen LogP contribution in [0.2, 0.25) is 5.02 Å². The lowest BCUT2D eigenvalue weighted by Gasteiger charge is -2.35. The van der Waals surface area contributed by atoms with Crippen LogP contribution in [-0.2, 0) is 16.0 Å². The highest BCUT2D eigenvalue weighted by molar-refractivity contribution is 6.31. The van der Waals surface area contributed by atoms with Crippen LogP contribution in [0.5, 0.6) is 0 Å². The monoisotopic (exact) mass is 303 g/mol. The predicted octanol–water partition coefficient (Wildman–Crippen LogP) is 2.63. The molecule has 0 aliphatic heterocycles. The van der Waals surface area contributed by atoms with E-state index in [2.05, 4.69) is 25.9 Å². The number of ether oxygens (including phenoxy) is 2. The van der Waals surface area contributed by atoms with Gasteiger partial charge in [-0.25, -0.2) is 0 Å². The van der Waals surface area contributed by atoms with Crippen molar-refractivity contribution in [1.82, 2.24) is 9.78 Å². The number of methoxy groups -OCH3 is 1. The van der Waals surface area contributed by atoms with E-state index < -0.39 is 0 Å². The van der Waals surface area contributed by atoms with Gasteiger partial charge < -0.3 is 15.2 Å². The Kier molecular flexibility index (Phi) is 6.45. The van der Waals surface area contributed by atoms with Gasteiger partial charge >= 0.3 is 0 Å². The molecule has 1 heterocycles. The maximum atomic E-state index is 6.42. The number of nitrogens with two attached hydrogens (primary N) is 1. The molecule has 5 nitrogen and oxygen atoms in total. The molecular formula is C14H26ClN3O2. The minimum atomic E-state index is -0.332. The van der Waals surface area contributed by atoms with Crippen molar-refractivity contribution < 1.29 is 9.47 Å². The second kappa shape index (κ2) is 7.41. The number of hydrogen-bond donors (Lipinski definition) is 1. The topological polar surface area (TPSA) is 62.3 Å². The van der Waals surface area contributed by atoms with Gasteiger partial charge in [-0.3, -0.25) is 4.68 Å². The average Bonchev–Trinajstić information content (AvgIpc) is 2.72. The van der Waals surface area contributed by atoms with Gasteiger partial charge in [0.2, 0.25) is 0 Å². The minimum Gasteiger partial charge on any atom is -0.383 e. The van der Waals surface area contributed by atoms with Gasteiger partial charge in [0, 0.05) is 13.7 Å². The zero-order valence-electron chi connectivity index (χ0n) is 13.0. The summed E-state index contributed by atoms with van der Waals surface area (Å²) < 4.78 is 12.7. The molecule has 0 radical (unpaired) electrons. The molecule has 1 aromatic rings. The molecule has 2 unspecified atom stereocenters. The quantitative estimate of drug-likeness (QED) is 0.841. The van der Waals surface area contributed by atoms with Gasteiger partial charge in [0.1, 0.15) is 0 Å². The Bertz CT molecular complexity index is 415. The fourth-order valence-corrected chi connectivity index (χ4v) is 2.54. The molecule has 0 aliphatic carbocycles. The Morgan fingerprint density at radius 1 is 1.45 bits per heavy atom. The van der Waals surface area contributed by atoms with Crippen LogP contribution >= 0.6 is 11.6 Å². The molecule has 2 N–H and O–H groups in total. The standard InChI is InChI=1S/C14H26ClN3O2/c1-6-20-13(14(2,3)4)11(16)12-10(15)9-17-18(12)7-8-19-5/h9,11,13H,6-8,16H2,1-5H3. The molecule has 20 heavy (non-hydrogen) atoms. The number of nitrogens with zero attached hydrogens (tertiary/aromatic N) is 2. The molecule has 0 fully saturated rings. The van der Waals surface area contributed by atoms with Crippen molar-refractivity contribution in [3.05, 3.63) is 16.9 Å². The number of rotatable bonds is 7. The summed E-state index contributed by atoms with van der Waals surface area (Å²) in [6.07, 6.45) is 1.49. The van der Waals surface area contributed by atoms with E-state index in [9.17, 15) is 0 Å². The van der Waals surface area contributed by atoms with Crippen LogP contribution in [0.3, 0.4) is 0 Å². The summed E-state index contributed by atoms with van der Waals surface area (Å²) in [5.41, 5.74) is 7.13. The summed E-state index contributed by atoms with van der Waals surface area (Å²) in [5, 5.41) is 4.84. The van der Waals surface area contributed by atoms with Crippen LogP contribution < -0.4 is 5.73 Å². The smallest absolute Gasteiger partial charge is 0.0835 e. The molecule has 0 saturated carbocycles. The summed E-state index contributed by atoms with van der Waals surface area (Å²) >= 11 is 6.25. The van der Waals surface area contributed by atoms with Crippen molar-refractivity contribution in [2.75, 3.05) is 20.3 Å². The van der Waals surface area contributed by atoms with Crippen LogP contribution in [-0.4, -0.2) is 36.2 Å². The molecule has 1 aromatic heterocycles. The fraction of sp³-hybridized carbons (Fsp3) is 0.786. The van der Waals surface area contributed by atoms with E-state index in [0.29, 0.717) is 24.8 Å². The van der Waals surface area contributed by atoms with Gasteiger partial charge in [-0.05, 0) is 12.3 Å². The van der Waals surface area contributed by atoms with Crippen LogP contribution in [0.25, 0.3) is 0 Å². The van der Waals surface area contributed by atoms with Crippen LogP contribution in [0.4, 0.5) is 0 Å². The summed E-state index contributed by atoms with van der Waals surface area (Å²) in [7, 11) is 1.66. The molecule has 0 aromatic carbocycles. The highest BCUT2D eigenvalue weighted by atomic mass is 35.5. The van der Waals surface area contributed by atoms with E-state index in [1.54, 1.807) is 18.0 Å². The first-order valence-corrected chi connectivity index (χ1v) is 7.28. The Morgan fingerprint density at radius 3 is 2.60 bits per heavy atom. The third-order valence-corrected chi connectivity index (χ3v) is 3.47. The van der Waals surface area contributed by atoms with E-state index in [4.69, 9.17) is 26.8 Å². The van der Waals surface area contributed by atoms with Gasteiger partial charge in [0.25, 0.3) is 0 Å². The number of hydrogen-bond acceptors (Lipinski definition) is 4. The second-order valence-electron chi connectivity index (χ2n) is 5.86. The molecule has 0 bridgehead atoms. The molecule has 0 spiro atoms. The van der Waals surface area contributed by atoms with Gasteiger partial charge in [-0.1, -0.05) is 32.4 Å². The van der Waals surface area contributed by atoms with Crippen molar-refractivity contribution in [2.24, 2.45) is 11.1 Å². The second-order valence-corrected chi connectivity index (χ2v) is 6.27. The summed E-state index contributed by atoms with van der Waals surface area (Å²) in [5.74, 6) is 0. The van der Waals surface area contributed by atoms with E-state index in [1.165, 1.54) is 0 Å². The van der Waals surface area contributed by atoms with E-state index >= 15 is 0 Å². The van der Waals surface area contributed by atoms with Gasteiger partial charge in [-0.2, -0.15) is 5.10 Å². The fourth-order valence-electron chi connectivity index (χ4n) is 2.27. The predicted molar refractivity (Wildman–Crippen MR) is 80.9 cm³/mol. The molecule has 0 saturated heterocycles. The zero-order chi connectivity index (χ0) is 15.3. The largest absolute Gasteiger partial charge is 0.383 e. The van der Waals surface area contributed by atoms with Crippen molar-refractivity contribution in [2.45, 2.75) is 46.4 Å². The highest BCUT2D eigenvalue weighted by Gasteiger charge is 2.34. The van der Waals surface area contributed by atoms with Crippen molar-refractivity contribution in [3.8, 4) is 0 Å². The third kappa shape index (κ3) is 4.19. The molecular weight excluding hydrogens is 278 g/mol. The summed E-state index contributed by atoms with van der Waals surface area (Å²) in [4.78, 5) is 0. The van der Waals surface area contributed by atoms with Crippen molar-refractivity contribution in [3.63, 3.8) is 0 Å².